The molecule has 0 aliphatic carbocycles. The lowest BCUT2D eigenvalue weighted by atomic mass is 10.0. The van der Waals surface area contributed by atoms with Crippen LogP contribution in [0.4, 0.5) is 5.69 Å². The van der Waals surface area contributed by atoms with Gasteiger partial charge in [-0.1, -0.05) is 22.9 Å². The van der Waals surface area contributed by atoms with Crippen LogP contribution in [0.5, 0.6) is 11.5 Å². The van der Waals surface area contributed by atoms with Gasteiger partial charge in [0.1, 0.15) is 11.5 Å². The SMILES string of the molecule is COc1ccc(-c2nc(C3CC(=O)N(c4c(C)cc(C)cc4C)C3)no2)c(OC)c1. The maximum atomic E-state index is 12.8. The molecule has 0 spiro atoms. The molecule has 4 rings (SSSR count). The number of carbonyl (C=O) groups excluding carboxylic acids is 1. The Morgan fingerprint density at radius 3 is 2.47 bits per heavy atom. The highest BCUT2D eigenvalue weighted by Crippen LogP contribution is 2.37. The summed E-state index contributed by atoms with van der Waals surface area (Å²) in [5, 5.41) is 4.16. The second-order valence-electron chi connectivity index (χ2n) is 7.68. The molecule has 0 saturated carbocycles. The number of amides is 1. The number of aryl methyl sites for hydroxylation is 3. The van der Waals surface area contributed by atoms with E-state index in [9.17, 15) is 4.79 Å². The number of methoxy groups -OCH3 is 2. The molecule has 1 saturated heterocycles. The lowest BCUT2D eigenvalue weighted by molar-refractivity contribution is -0.117. The third kappa shape index (κ3) is 3.51. The Morgan fingerprint density at radius 2 is 1.80 bits per heavy atom. The van der Waals surface area contributed by atoms with Crippen LogP contribution >= 0.6 is 0 Å². The van der Waals surface area contributed by atoms with E-state index in [-0.39, 0.29) is 11.8 Å². The number of hydrogen-bond acceptors (Lipinski definition) is 6. The summed E-state index contributed by atoms with van der Waals surface area (Å²) in [6.07, 6.45) is 0.353. The Hall–Kier alpha value is -3.35. The van der Waals surface area contributed by atoms with E-state index in [4.69, 9.17) is 14.0 Å². The summed E-state index contributed by atoms with van der Waals surface area (Å²) in [7, 11) is 3.18. The van der Waals surface area contributed by atoms with Crippen LogP contribution in [0, 0.1) is 20.8 Å². The molecule has 1 aliphatic rings. The van der Waals surface area contributed by atoms with Gasteiger partial charge >= 0.3 is 0 Å². The van der Waals surface area contributed by atoms with Crippen molar-refractivity contribution >= 4 is 11.6 Å². The minimum absolute atomic E-state index is 0.0726. The predicted octanol–water partition coefficient (Wildman–Crippen LogP) is 4.20. The van der Waals surface area contributed by atoms with Crippen molar-refractivity contribution in [2.24, 2.45) is 0 Å². The fourth-order valence-corrected chi connectivity index (χ4v) is 4.18. The van der Waals surface area contributed by atoms with E-state index in [1.807, 2.05) is 30.9 Å². The highest BCUT2D eigenvalue weighted by atomic mass is 16.5. The molecule has 3 aromatic rings. The molecule has 7 heteroatoms. The molecule has 156 valence electrons. The summed E-state index contributed by atoms with van der Waals surface area (Å²) >= 11 is 0. The van der Waals surface area contributed by atoms with Gasteiger partial charge in [0.15, 0.2) is 5.82 Å². The summed E-state index contributed by atoms with van der Waals surface area (Å²) in [6, 6.07) is 9.60. The number of aromatic nitrogens is 2. The van der Waals surface area contributed by atoms with E-state index in [1.54, 1.807) is 20.3 Å². The number of rotatable bonds is 5. The molecular formula is C23H25N3O4. The van der Waals surface area contributed by atoms with Gasteiger partial charge in [0.25, 0.3) is 5.89 Å². The first-order valence-corrected chi connectivity index (χ1v) is 9.85. The van der Waals surface area contributed by atoms with Gasteiger partial charge in [0.05, 0.1) is 19.8 Å². The number of ether oxygens (including phenoxy) is 2. The van der Waals surface area contributed by atoms with Gasteiger partial charge in [-0.2, -0.15) is 4.98 Å². The van der Waals surface area contributed by atoms with Gasteiger partial charge in [-0.3, -0.25) is 4.79 Å². The lowest BCUT2D eigenvalue weighted by Crippen LogP contribution is -2.26. The van der Waals surface area contributed by atoms with Gasteiger partial charge in [-0.05, 0) is 44.0 Å². The summed E-state index contributed by atoms with van der Waals surface area (Å²) in [5.41, 5.74) is 5.04. The van der Waals surface area contributed by atoms with Gasteiger partial charge in [0.2, 0.25) is 5.91 Å². The molecule has 1 amide bonds. The highest BCUT2D eigenvalue weighted by molar-refractivity contribution is 5.97. The molecule has 2 heterocycles. The van der Waals surface area contributed by atoms with Crippen LogP contribution in [0.3, 0.4) is 0 Å². The molecule has 7 nitrogen and oxygen atoms in total. The van der Waals surface area contributed by atoms with Gasteiger partial charge < -0.3 is 18.9 Å². The zero-order valence-corrected chi connectivity index (χ0v) is 17.9. The quantitative estimate of drug-likeness (QED) is 0.631. The Morgan fingerprint density at radius 1 is 1.07 bits per heavy atom. The van der Waals surface area contributed by atoms with Gasteiger partial charge in [-0.25, -0.2) is 0 Å². The fourth-order valence-electron chi connectivity index (χ4n) is 4.18. The van der Waals surface area contributed by atoms with Crippen molar-refractivity contribution in [3.63, 3.8) is 0 Å². The summed E-state index contributed by atoms with van der Waals surface area (Å²) < 4.78 is 16.2. The molecule has 0 bridgehead atoms. The molecular weight excluding hydrogens is 382 g/mol. The average molecular weight is 407 g/mol. The first kappa shape index (κ1) is 19.9. The first-order valence-electron chi connectivity index (χ1n) is 9.85. The Labute approximate surface area is 175 Å². The van der Waals surface area contributed by atoms with E-state index in [0.717, 1.165) is 16.8 Å². The molecule has 30 heavy (non-hydrogen) atoms. The van der Waals surface area contributed by atoms with Crippen LogP contribution < -0.4 is 14.4 Å². The minimum Gasteiger partial charge on any atom is -0.497 e. The van der Waals surface area contributed by atoms with Crippen molar-refractivity contribution in [3.05, 3.63) is 52.8 Å². The van der Waals surface area contributed by atoms with Crippen LogP contribution in [0.1, 0.15) is 34.9 Å². The van der Waals surface area contributed by atoms with Crippen molar-refractivity contribution in [1.29, 1.82) is 0 Å². The Bertz CT molecular complexity index is 1080. The second kappa shape index (κ2) is 7.82. The number of nitrogens with zero attached hydrogens (tertiary/aromatic N) is 3. The molecule has 1 aliphatic heterocycles. The van der Waals surface area contributed by atoms with Crippen LogP contribution in [0.25, 0.3) is 11.5 Å². The van der Waals surface area contributed by atoms with E-state index in [2.05, 4.69) is 29.2 Å². The minimum atomic E-state index is -0.126. The first-order chi connectivity index (χ1) is 14.4. The smallest absolute Gasteiger partial charge is 0.261 e. The summed E-state index contributed by atoms with van der Waals surface area (Å²) in [5.74, 6) is 2.10. The highest BCUT2D eigenvalue weighted by Gasteiger charge is 2.36. The Balaban J connectivity index is 1.61. The average Bonchev–Trinajstić information content (AvgIpc) is 3.34. The molecule has 1 atom stereocenters. The standard InChI is InChI=1S/C23H25N3O4/c1-13-8-14(2)21(15(3)9-13)26-12-16(10-20(26)27)22-24-23(30-25-22)18-7-6-17(28-4)11-19(18)29-5/h6-9,11,16H,10,12H2,1-5H3. The van der Waals surface area contributed by atoms with Crippen molar-refractivity contribution in [2.45, 2.75) is 33.1 Å². The Kier molecular flexibility index (Phi) is 5.20. The largest absolute Gasteiger partial charge is 0.497 e. The maximum absolute atomic E-state index is 12.8. The molecule has 1 unspecified atom stereocenters. The summed E-state index contributed by atoms with van der Waals surface area (Å²) in [4.78, 5) is 19.2. The van der Waals surface area contributed by atoms with Crippen molar-refractivity contribution in [2.75, 3.05) is 25.7 Å². The number of carbonyl (C=O) groups is 1. The summed E-state index contributed by atoms with van der Waals surface area (Å²) in [6.45, 7) is 6.67. The third-order valence-electron chi connectivity index (χ3n) is 5.48. The molecule has 0 radical (unpaired) electrons. The van der Waals surface area contributed by atoms with E-state index >= 15 is 0 Å². The van der Waals surface area contributed by atoms with Crippen LogP contribution in [-0.4, -0.2) is 36.8 Å². The van der Waals surface area contributed by atoms with Crippen LogP contribution in [-0.2, 0) is 4.79 Å². The maximum Gasteiger partial charge on any atom is 0.261 e. The van der Waals surface area contributed by atoms with Crippen molar-refractivity contribution in [1.82, 2.24) is 10.1 Å². The number of anilines is 1. The number of benzene rings is 2. The van der Waals surface area contributed by atoms with Gasteiger partial charge in [-0.15, -0.1) is 0 Å². The topological polar surface area (TPSA) is 77.7 Å². The fraction of sp³-hybridized carbons (Fsp3) is 0.348. The molecule has 1 fully saturated rings. The van der Waals surface area contributed by atoms with Crippen LogP contribution in [0.15, 0.2) is 34.9 Å². The zero-order chi connectivity index (χ0) is 21.4. The third-order valence-corrected chi connectivity index (χ3v) is 5.48. The second-order valence-corrected chi connectivity index (χ2v) is 7.68. The van der Waals surface area contributed by atoms with Crippen LogP contribution in [0.2, 0.25) is 0 Å². The van der Waals surface area contributed by atoms with Crippen molar-refractivity contribution < 1.29 is 18.8 Å². The monoisotopic (exact) mass is 407 g/mol. The number of hydrogen-bond donors (Lipinski definition) is 0. The van der Waals surface area contributed by atoms with E-state index < -0.39 is 0 Å². The lowest BCUT2D eigenvalue weighted by Gasteiger charge is -2.22. The molecule has 1 aromatic heterocycles. The molecule has 2 aromatic carbocycles. The van der Waals surface area contributed by atoms with Gasteiger partial charge in [0, 0.05) is 30.6 Å². The molecule has 0 N–H and O–H groups in total. The zero-order valence-electron chi connectivity index (χ0n) is 17.9. The van der Waals surface area contributed by atoms with Crippen molar-refractivity contribution in [3.8, 4) is 23.0 Å². The normalized spacial score (nSPS) is 16.2. The van der Waals surface area contributed by atoms with E-state index in [0.29, 0.717) is 41.7 Å². The van der Waals surface area contributed by atoms with E-state index in [1.165, 1.54) is 5.56 Å². The predicted molar refractivity (Wildman–Crippen MR) is 113 cm³/mol.